The van der Waals surface area contributed by atoms with Gasteiger partial charge >= 0.3 is 5.97 Å². The molecule has 2 rings (SSSR count). The van der Waals surface area contributed by atoms with Gasteiger partial charge in [-0.3, -0.25) is 4.98 Å². The first-order valence-corrected chi connectivity index (χ1v) is 5.26. The number of pyridine rings is 1. The molecule has 0 aliphatic heterocycles. The molecule has 0 aliphatic carbocycles. The number of carboxylic acids is 1. The third-order valence-corrected chi connectivity index (χ3v) is 2.75. The molecule has 0 fully saturated rings. The van der Waals surface area contributed by atoms with E-state index >= 15 is 0 Å². The SMILES string of the molecule is Cn1c(-c2ccncc2)nc(Br)c1C(=O)O. The molecule has 2 heterocycles. The number of hydrogen-bond donors (Lipinski definition) is 1. The first-order valence-electron chi connectivity index (χ1n) is 4.47. The molecular weight excluding hydrogens is 274 g/mol. The third-order valence-electron chi connectivity index (χ3n) is 2.19. The van der Waals surface area contributed by atoms with Gasteiger partial charge in [0.05, 0.1) is 0 Å². The summed E-state index contributed by atoms with van der Waals surface area (Å²) in [6.45, 7) is 0. The van der Waals surface area contributed by atoms with Crippen LogP contribution in [0, 0.1) is 0 Å². The van der Waals surface area contributed by atoms with Crippen molar-refractivity contribution in [3.63, 3.8) is 0 Å². The van der Waals surface area contributed by atoms with Gasteiger partial charge in [0.15, 0.2) is 5.69 Å². The van der Waals surface area contributed by atoms with Gasteiger partial charge < -0.3 is 9.67 Å². The van der Waals surface area contributed by atoms with Crippen LogP contribution in [0.15, 0.2) is 29.1 Å². The van der Waals surface area contributed by atoms with Crippen LogP contribution in [0.3, 0.4) is 0 Å². The van der Waals surface area contributed by atoms with Gasteiger partial charge in [-0.1, -0.05) is 0 Å². The summed E-state index contributed by atoms with van der Waals surface area (Å²) >= 11 is 3.14. The van der Waals surface area contributed by atoms with Crippen LogP contribution in [0.1, 0.15) is 10.5 Å². The Hall–Kier alpha value is -1.69. The number of aromatic carboxylic acids is 1. The van der Waals surface area contributed by atoms with E-state index in [1.165, 1.54) is 4.57 Å². The Bertz CT molecular complexity index is 536. The Morgan fingerprint density at radius 1 is 1.44 bits per heavy atom. The zero-order valence-corrected chi connectivity index (χ0v) is 9.97. The topological polar surface area (TPSA) is 68.0 Å². The first-order chi connectivity index (χ1) is 7.61. The molecule has 0 amide bonds. The van der Waals surface area contributed by atoms with Crippen LogP contribution in [0.4, 0.5) is 0 Å². The van der Waals surface area contributed by atoms with Crippen molar-refractivity contribution < 1.29 is 9.90 Å². The largest absolute Gasteiger partial charge is 0.476 e. The van der Waals surface area contributed by atoms with Crippen LogP contribution < -0.4 is 0 Å². The number of aromatic nitrogens is 3. The Labute approximate surface area is 99.9 Å². The summed E-state index contributed by atoms with van der Waals surface area (Å²) in [5, 5.41) is 9.00. The fourth-order valence-corrected chi connectivity index (χ4v) is 2.06. The van der Waals surface area contributed by atoms with Crippen LogP contribution in [-0.2, 0) is 7.05 Å². The lowest BCUT2D eigenvalue weighted by molar-refractivity contribution is 0.0685. The zero-order chi connectivity index (χ0) is 11.7. The molecular formula is C10H8BrN3O2. The number of carboxylic acid groups (broad SMARTS) is 1. The highest BCUT2D eigenvalue weighted by molar-refractivity contribution is 9.10. The maximum absolute atomic E-state index is 11.0. The number of hydrogen-bond acceptors (Lipinski definition) is 3. The Morgan fingerprint density at radius 3 is 2.56 bits per heavy atom. The number of imidazole rings is 1. The van der Waals surface area contributed by atoms with E-state index in [4.69, 9.17) is 5.11 Å². The summed E-state index contributed by atoms with van der Waals surface area (Å²) in [6.07, 6.45) is 3.27. The molecule has 1 N–H and O–H groups in total. The molecule has 82 valence electrons. The van der Waals surface area contributed by atoms with Crippen molar-refractivity contribution in [1.82, 2.24) is 14.5 Å². The average Bonchev–Trinajstić information content (AvgIpc) is 2.55. The van der Waals surface area contributed by atoms with Crippen molar-refractivity contribution in [3.8, 4) is 11.4 Å². The van der Waals surface area contributed by atoms with Crippen molar-refractivity contribution in [2.45, 2.75) is 0 Å². The Balaban J connectivity index is 2.61. The molecule has 5 nitrogen and oxygen atoms in total. The van der Waals surface area contributed by atoms with E-state index in [9.17, 15) is 4.79 Å². The van der Waals surface area contributed by atoms with E-state index in [-0.39, 0.29) is 5.69 Å². The second-order valence-electron chi connectivity index (χ2n) is 3.17. The van der Waals surface area contributed by atoms with Gasteiger partial charge in [-0.15, -0.1) is 0 Å². The van der Waals surface area contributed by atoms with E-state index in [2.05, 4.69) is 25.9 Å². The minimum absolute atomic E-state index is 0.131. The van der Waals surface area contributed by atoms with Gasteiger partial charge in [0.25, 0.3) is 0 Å². The minimum atomic E-state index is -1.01. The van der Waals surface area contributed by atoms with Gasteiger partial charge in [-0.2, -0.15) is 0 Å². The third kappa shape index (κ3) is 1.71. The molecule has 0 saturated heterocycles. The number of nitrogens with zero attached hydrogens (tertiary/aromatic N) is 3. The van der Waals surface area contributed by atoms with E-state index in [0.717, 1.165) is 5.56 Å². The molecule has 0 unspecified atom stereocenters. The van der Waals surface area contributed by atoms with E-state index in [1.807, 2.05) is 0 Å². The highest BCUT2D eigenvalue weighted by Crippen LogP contribution is 2.24. The van der Waals surface area contributed by atoms with Gasteiger partial charge in [-0.25, -0.2) is 9.78 Å². The van der Waals surface area contributed by atoms with Gasteiger partial charge in [-0.05, 0) is 28.1 Å². The maximum atomic E-state index is 11.0. The molecule has 0 atom stereocenters. The number of rotatable bonds is 2. The molecule has 0 aromatic carbocycles. The standard InChI is InChI=1S/C10H8BrN3O2/c1-14-7(10(15)16)8(11)13-9(14)6-2-4-12-5-3-6/h2-5H,1H3,(H,15,16). The minimum Gasteiger partial charge on any atom is -0.476 e. The second kappa shape index (κ2) is 4.05. The average molecular weight is 282 g/mol. The fraction of sp³-hybridized carbons (Fsp3) is 0.100. The molecule has 0 spiro atoms. The van der Waals surface area contributed by atoms with Crippen molar-refractivity contribution in [2.75, 3.05) is 0 Å². The summed E-state index contributed by atoms with van der Waals surface area (Å²) in [7, 11) is 1.66. The van der Waals surface area contributed by atoms with Crippen molar-refractivity contribution in [3.05, 3.63) is 34.8 Å². The van der Waals surface area contributed by atoms with Gasteiger partial charge in [0.1, 0.15) is 10.4 Å². The Kier molecular flexibility index (Phi) is 2.74. The molecule has 2 aromatic rings. The van der Waals surface area contributed by atoms with E-state index in [0.29, 0.717) is 10.4 Å². The van der Waals surface area contributed by atoms with Crippen LogP contribution in [0.2, 0.25) is 0 Å². The molecule has 0 radical (unpaired) electrons. The van der Waals surface area contributed by atoms with E-state index in [1.54, 1.807) is 31.6 Å². The highest BCUT2D eigenvalue weighted by atomic mass is 79.9. The second-order valence-corrected chi connectivity index (χ2v) is 3.93. The lowest BCUT2D eigenvalue weighted by Crippen LogP contribution is -2.05. The lowest BCUT2D eigenvalue weighted by atomic mass is 10.2. The maximum Gasteiger partial charge on any atom is 0.355 e. The van der Waals surface area contributed by atoms with Gasteiger partial charge in [0.2, 0.25) is 0 Å². The smallest absolute Gasteiger partial charge is 0.355 e. The molecule has 0 saturated carbocycles. The fourth-order valence-electron chi connectivity index (χ4n) is 1.46. The van der Waals surface area contributed by atoms with Crippen LogP contribution >= 0.6 is 15.9 Å². The summed E-state index contributed by atoms with van der Waals surface area (Å²) < 4.78 is 1.86. The van der Waals surface area contributed by atoms with E-state index < -0.39 is 5.97 Å². The van der Waals surface area contributed by atoms with Crippen molar-refractivity contribution in [1.29, 1.82) is 0 Å². The summed E-state index contributed by atoms with van der Waals surface area (Å²) in [5.41, 5.74) is 0.956. The predicted molar refractivity (Wildman–Crippen MR) is 61.1 cm³/mol. The van der Waals surface area contributed by atoms with Crippen molar-refractivity contribution >= 4 is 21.9 Å². The molecule has 16 heavy (non-hydrogen) atoms. The molecule has 0 aliphatic rings. The normalized spacial score (nSPS) is 10.4. The van der Waals surface area contributed by atoms with Crippen molar-refractivity contribution in [2.24, 2.45) is 7.05 Å². The molecule has 0 bridgehead atoms. The van der Waals surface area contributed by atoms with Crippen LogP contribution in [0.5, 0.6) is 0 Å². The van der Waals surface area contributed by atoms with Crippen LogP contribution in [0.25, 0.3) is 11.4 Å². The van der Waals surface area contributed by atoms with Gasteiger partial charge in [0, 0.05) is 25.0 Å². The molecule has 6 heteroatoms. The lowest BCUT2D eigenvalue weighted by Gasteiger charge is -2.02. The number of carbonyl (C=O) groups is 1. The summed E-state index contributed by atoms with van der Waals surface area (Å²) in [4.78, 5) is 19.1. The van der Waals surface area contributed by atoms with Crippen LogP contribution in [-0.4, -0.2) is 25.6 Å². The Morgan fingerprint density at radius 2 is 2.06 bits per heavy atom. The predicted octanol–water partition coefficient (Wildman–Crippen LogP) is 1.94. The monoisotopic (exact) mass is 281 g/mol. The highest BCUT2D eigenvalue weighted by Gasteiger charge is 2.19. The first kappa shape index (κ1) is 10.8. The number of halogens is 1. The summed E-state index contributed by atoms with van der Waals surface area (Å²) in [6, 6.07) is 3.56. The summed E-state index contributed by atoms with van der Waals surface area (Å²) in [5.74, 6) is -0.422. The quantitative estimate of drug-likeness (QED) is 0.914. The molecule has 2 aromatic heterocycles. The zero-order valence-electron chi connectivity index (χ0n) is 8.38.